The van der Waals surface area contributed by atoms with Crippen molar-refractivity contribution in [3.8, 4) is 0 Å². The molecule has 1 aromatic rings. The molecule has 0 aliphatic carbocycles. The van der Waals surface area contributed by atoms with Crippen LogP contribution in [-0.2, 0) is 6.54 Å². The first-order valence-corrected chi connectivity index (χ1v) is 5.46. The van der Waals surface area contributed by atoms with Gasteiger partial charge < -0.3 is 5.11 Å². The van der Waals surface area contributed by atoms with Crippen LogP contribution in [0.2, 0.25) is 0 Å². The predicted molar refractivity (Wildman–Crippen MR) is 65.6 cm³/mol. The Kier molecular flexibility index (Phi) is 5.41. The van der Waals surface area contributed by atoms with Gasteiger partial charge in [0, 0.05) is 25.7 Å². The Balaban J connectivity index is 3.00. The minimum Gasteiger partial charge on any atom is -0.395 e. The minimum absolute atomic E-state index is 0.0257. The lowest BCUT2D eigenvalue weighted by Gasteiger charge is -2.19. The average molecular weight is 254 g/mol. The second-order valence-corrected chi connectivity index (χ2v) is 3.74. The molecule has 1 N–H and O–H groups in total. The van der Waals surface area contributed by atoms with E-state index in [0.29, 0.717) is 13.1 Å². The van der Waals surface area contributed by atoms with Crippen molar-refractivity contribution in [2.75, 3.05) is 19.7 Å². The normalized spacial score (nSPS) is 10.6. The molecule has 0 aromatic heterocycles. The fourth-order valence-corrected chi connectivity index (χ4v) is 1.66. The van der Waals surface area contributed by atoms with Crippen LogP contribution in [0.1, 0.15) is 5.56 Å². The Labute approximate surface area is 104 Å². The zero-order valence-electron chi connectivity index (χ0n) is 9.88. The van der Waals surface area contributed by atoms with Gasteiger partial charge in [0.25, 0.3) is 5.69 Å². The molecule has 98 valence electrons. The molecule has 0 radical (unpaired) electrons. The molecule has 0 saturated heterocycles. The molecule has 0 bridgehead atoms. The number of hydrogen-bond acceptors (Lipinski definition) is 4. The standard InChI is InChI=1S/C12H15FN2O3/c1-2-6-14(7-8-16)9-10-11(13)4-3-5-12(10)15(17)18/h2-5,16H,1,6-9H2. The van der Waals surface area contributed by atoms with Gasteiger partial charge in [-0.3, -0.25) is 15.0 Å². The molecule has 0 fully saturated rings. The molecule has 1 aromatic carbocycles. The van der Waals surface area contributed by atoms with E-state index in [1.807, 2.05) is 0 Å². The lowest BCUT2D eigenvalue weighted by molar-refractivity contribution is -0.386. The molecule has 18 heavy (non-hydrogen) atoms. The van der Waals surface area contributed by atoms with Gasteiger partial charge in [0.2, 0.25) is 0 Å². The summed E-state index contributed by atoms with van der Waals surface area (Å²) in [6.07, 6.45) is 1.60. The molecule has 5 nitrogen and oxygen atoms in total. The summed E-state index contributed by atoms with van der Waals surface area (Å²) in [6, 6.07) is 3.76. The Hall–Kier alpha value is -1.79. The van der Waals surface area contributed by atoms with Gasteiger partial charge in [-0.05, 0) is 6.07 Å². The van der Waals surface area contributed by atoms with E-state index >= 15 is 0 Å². The number of hydrogen-bond donors (Lipinski definition) is 1. The maximum absolute atomic E-state index is 13.6. The summed E-state index contributed by atoms with van der Waals surface area (Å²) >= 11 is 0. The number of nitro benzene ring substituents is 1. The summed E-state index contributed by atoms with van der Waals surface area (Å²) in [4.78, 5) is 11.9. The van der Waals surface area contributed by atoms with Crippen molar-refractivity contribution in [3.63, 3.8) is 0 Å². The summed E-state index contributed by atoms with van der Waals surface area (Å²) in [5, 5.41) is 19.7. The summed E-state index contributed by atoms with van der Waals surface area (Å²) in [5.74, 6) is -0.615. The van der Waals surface area contributed by atoms with Crippen molar-refractivity contribution < 1.29 is 14.4 Å². The monoisotopic (exact) mass is 254 g/mol. The van der Waals surface area contributed by atoms with E-state index in [4.69, 9.17) is 5.11 Å². The van der Waals surface area contributed by atoms with Crippen LogP contribution in [0.5, 0.6) is 0 Å². The van der Waals surface area contributed by atoms with Crippen molar-refractivity contribution in [2.24, 2.45) is 0 Å². The molecular weight excluding hydrogens is 239 g/mol. The zero-order chi connectivity index (χ0) is 13.5. The van der Waals surface area contributed by atoms with E-state index in [-0.39, 0.29) is 24.4 Å². The second-order valence-electron chi connectivity index (χ2n) is 3.74. The fraction of sp³-hybridized carbons (Fsp3) is 0.333. The molecule has 1 rings (SSSR count). The van der Waals surface area contributed by atoms with Gasteiger partial charge in [0.1, 0.15) is 5.82 Å². The summed E-state index contributed by atoms with van der Waals surface area (Å²) in [5.41, 5.74) is -0.222. The van der Waals surface area contributed by atoms with Crippen LogP contribution in [0.4, 0.5) is 10.1 Å². The van der Waals surface area contributed by atoms with Gasteiger partial charge in [0.05, 0.1) is 17.1 Å². The lowest BCUT2D eigenvalue weighted by Crippen LogP contribution is -2.27. The smallest absolute Gasteiger partial charge is 0.276 e. The van der Waals surface area contributed by atoms with Gasteiger partial charge in [-0.25, -0.2) is 4.39 Å². The zero-order valence-corrected chi connectivity index (χ0v) is 9.88. The van der Waals surface area contributed by atoms with E-state index in [0.717, 1.165) is 0 Å². The van der Waals surface area contributed by atoms with Crippen molar-refractivity contribution in [2.45, 2.75) is 6.54 Å². The molecule has 6 heteroatoms. The highest BCUT2D eigenvalue weighted by molar-refractivity contribution is 5.40. The maximum Gasteiger partial charge on any atom is 0.276 e. The Bertz CT molecular complexity index is 437. The molecule has 0 atom stereocenters. The number of benzene rings is 1. The first kappa shape index (κ1) is 14.3. The summed E-state index contributed by atoms with van der Waals surface area (Å²) in [7, 11) is 0. The molecule has 0 heterocycles. The Morgan fingerprint density at radius 3 is 2.83 bits per heavy atom. The Morgan fingerprint density at radius 1 is 1.56 bits per heavy atom. The topological polar surface area (TPSA) is 66.6 Å². The first-order chi connectivity index (χ1) is 8.60. The third kappa shape index (κ3) is 3.61. The quantitative estimate of drug-likeness (QED) is 0.457. The third-order valence-electron chi connectivity index (χ3n) is 2.48. The van der Waals surface area contributed by atoms with Crippen molar-refractivity contribution >= 4 is 5.69 Å². The minimum atomic E-state index is -0.615. The van der Waals surface area contributed by atoms with Crippen LogP contribution in [-0.4, -0.2) is 34.6 Å². The van der Waals surface area contributed by atoms with Gasteiger partial charge in [-0.2, -0.15) is 0 Å². The SMILES string of the molecule is C=CCN(CCO)Cc1c(F)cccc1[N+](=O)[O-]. The van der Waals surface area contributed by atoms with Crippen LogP contribution >= 0.6 is 0 Å². The van der Waals surface area contributed by atoms with E-state index in [2.05, 4.69) is 6.58 Å². The second kappa shape index (κ2) is 6.83. The predicted octanol–water partition coefficient (Wildman–Crippen LogP) is 1.71. The van der Waals surface area contributed by atoms with Crippen molar-refractivity contribution in [1.29, 1.82) is 0 Å². The van der Waals surface area contributed by atoms with Crippen LogP contribution < -0.4 is 0 Å². The highest BCUT2D eigenvalue weighted by Gasteiger charge is 2.19. The van der Waals surface area contributed by atoms with Crippen LogP contribution in [0, 0.1) is 15.9 Å². The molecule has 0 spiro atoms. The summed E-state index contributed by atoms with van der Waals surface area (Å²) < 4.78 is 13.6. The molecule has 0 saturated carbocycles. The van der Waals surface area contributed by atoms with Crippen LogP contribution in [0.3, 0.4) is 0 Å². The highest BCUT2D eigenvalue weighted by atomic mass is 19.1. The number of nitro groups is 1. The van der Waals surface area contributed by atoms with Crippen LogP contribution in [0.25, 0.3) is 0 Å². The Morgan fingerprint density at radius 2 is 2.28 bits per heavy atom. The largest absolute Gasteiger partial charge is 0.395 e. The van der Waals surface area contributed by atoms with E-state index in [1.165, 1.54) is 18.2 Å². The number of rotatable bonds is 7. The number of nitrogens with zero attached hydrogens (tertiary/aromatic N) is 2. The number of aliphatic hydroxyl groups is 1. The first-order valence-electron chi connectivity index (χ1n) is 5.46. The van der Waals surface area contributed by atoms with E-state index in [9.17, 15) is 14.5 Å². The molecule has 0 unspecified atom stereocenters. The highest BCUT2D eigenvalue weighted by Crippen LogP contribution is 2.22. The van der Waals surface area contributed by atoms with E-state index in [1.54, 1.807) is 11.0 Å². The number of aliphatic hydroxyl groups excluding tert-OH is 1. The number of halogens is 1. The van der Waals surface area contributed by atoms with Crippen molar-refractivity contribution in [1.82, 2.24) is 4.90 Å². The van der Waals surface area contributed by atoms with Gasteiger partial charge in [0.15, 0.2) is 0 Å². The molecule has 0 aliphatic rings. The fourth-order valence-electron chi connectivity index (χ4n) is 1.66. The average Bonchev–Trinajstić information content (AvgIpc) is 2.32. The van der Waals surface area contributed by atoms with E-state index < -0.39 is 10.7 Å². The molecule has 0 amide bonds. The molecular formula is C12H15FN2O3. The third-order valence-corrected chi connectivity index (χ3v) is 2.48. The van der Waals surface area contributed by atoms with Crippen molar-refractivity contribution in [3.05, 3.63) is 52.3 Å². The molecule has 0 aliphatic heterocycles. The van der Waals surface area contributed by atoms with Crippen LogP contribution in [0.15, 0.2) is 30.9 Å². The summed E-state index contributed by atoms with van der Waals surface area (Å²) in [6.45, 7) is 4.24. The van der Waals surface area contributed by atoms with Gasteiger partial charge in [-0.1, -0.05) is 12.1 Å². The van der Waals surface area contributed by atoms with Gasteiger partial charge in [-0.15, -0.1) is 6.58 Å². The maximum atomic E-state index is 13.6. The van der Waals surface area contributed by atoms with Gasteiger partial charge >= 0.3 is 0 Å². The lowest BCUT2D eigenvalue weighted by atomic mass is 10.1.